The van der Waals surface area contributed by atoms with E-state index in [-0.39, 0.29) is 11.9 Å². The summed E-state index contributed by atoms with van der Waals surface area (Å²) in [5, 5.41) is 14.6. The van der Waals surface area contributed by atoms with Crippen molar-refractivity contribution >= 4 is 5.91 Å². The van der Waals surface area contributed by atoms with E-state index >= 15 is 0 Å². The molecule has 1 N–H and O–H groups in total. The second kappa shape index (κ2) is 6.14. The Balaban J connectivity index is 1.32. The van der Waals surface area contributed by atoms with Gasteiger partial charge in [0.25, 0.3) is 5.91 Å². The van der Waals surface area contributed by atoms with Crippen LogP contribution in [0.2, 0.25) is 0 Å². The Hall–Kier alpha value is -2.24. The summed E-state index contributed by atoms with van der Waals surface area (Å²) in [6, 6.07) is 5.94. The lowest BCUT2D eigenvalue weighted by Gasteiger charge is -2.59. The van der Waals surface area contributed by atoms with Gasteiger partial charge in [0.2, 0.25) is 0 Å². The highest BCUT2D eigenvalue weighted by Crippen LogP contribution is 2.61. The molecule has 1 heterocycles. The molecule has 4 fully saturated rings. The molecule has 0 unspecified atom stereocenters. The van der Waals surface area contributed by atoms with Gasteiger partial charge in [0.15, 0.2) is 0 Å². The number of benzene rings is 1. The number of tetrazole rings is 1. The predicted molar refractivity (Wildman–Crippen MR) is 101 cm³/mol. The molecule has 1 aromatic heterocycles. The summed E-state index contributed by atoms with van der Waals surface area (Å²) in [7, 11) is 0. The molecule has 0 radical (unpaired) electrons. The molecule has 27 heavy (non-hydrogen) atoms. The average molecular weight is 365 g/mol. The van der Waals surface area contributed by atoms with E-state index < -0.39 is 0 Å². The fourth-order valence-corrected chi connectivity index (χ4v) is 6.47. The summed E-state index contributed by atoms with van der Waals surface area (Å²) in [6.07, 6.45) is 9.76. The average Bonchev–Trinajstić information content (AvgIpc) is 3.14. The van der Waals surface area contributed by atoms with E-state index in [1.165, 1.54) is 38.5 Å². The van der Waals surface area contributed by atoms with Crippen molar-refractivity contribution in [3.63, 3.8) is 0 Å². The zero-order valence-corrected chi connectivity index (χ0v) is 16.1. The summed E-state index contributed by atoms with van der Waals surface area (Å²) < 4.78 is 1.62. The van der Waals surface area contributed by atoms with Crippen LogP contribution in [0.25, 0.3) is 5.69 Å². The maximum absolute atomic E-state index is 12.9. The van der Waals surface area contributed by atoms with E-state index in [0.29, 0.717) is 11.0 Å². The quantitative estimate of drug-likeness (QED) is 0.902. The number of aromatic nitrogens is 4. The fraction of sp³-hybridized carbons (Fsp3) is 0.619. The summed E-state index contributed by atoms with van der Waals surface area (Å²) in [5.41, 5.74) is 2.91. The maximum Gasteiger partial charge on any atom is 0.251 e. The van der Waals surface area contributed by atoms with Crippen LogP contribution in [0.4, 0.5) is 0 Å². The van der Waals surface area contributed by atoms with Gasteiger partial charge < -0.3 is 5.32 Å². The second-order valence-corrected chi connectivity index (χ2v) is 9.23. The van der Waals surface area contributed by atoms with Crippen LogP contribution in [0.15, 0.2) is 24.5 Å². The van der Waals surface area contributed by atoms with Gasteiger partial charge in [-0.3, -0.25) is 4.79 Å². The lowest BCUT2D eigenvalue weighted by molar-refractivity contribution is -0.0688. The fourth-order valence-electron chi connectivity index (χ4n) is 6.47. The first-order valence-corrected chi connectivity index (χ1v) is 10.2. The Kier molecular flexibility index (Phi) is 3.85. The lowest BCUT2D eigenvalue weighted by Crippen LogP contribution is -2.55. The topological polar surface area (TPSA) is 72.7 Å². The van der Waals surface area contributed by atoms with Crippen LogP contribution in [-0.2, 0) is 0 Å². The van der Waals surface area contributed by atoms with E-state index in [1.807, 2.05) is 25.1 Å². The molecule has 1 atom stereocenters. The van der Waals surface area contributed by atoms with Crippen molar-refractivity contribution in [1.82, 2.24) is 25.5 Å². The standard InChI is InChI=1S/C21H27N5O/c1-13-5-18(3-4-19(13)26-12-22-24-25-26)20(27)23-14(2)21-9-15-6-16(10-21)8-17(7-15)11-21/h3-5,12,14-17H,6-11H2,1-2H3,(H,23,27)/t14-,15?,16?,17?,21?/m1/s1. The van der Waals surface area contributed by atoms with Gasteiger partial charge in [0.05, 0.1) is 5.69 Å². The number of carbonyl (C=O) groups excluding carboxylic acids is 1. The predicted octanol–water partition coefficient (Wildman–Crippen LogP) is 3.31. The van der Waals surface area contributed by atoms with E-state index in [1.54, 1.807) is 11.0 Å². The van der Waals surface area contributed by atoms with Crippen molar-refractivity contribution in [3.05, 3.63) is 35.7 Å². The van der Waals surface area contributed by atoms with E-state index in [9.17, 15) is 4.79 Å². The van der Waals surface area contributed by atoms with Crippen LogP contribution in [0, 0.1) is 30.1 Å². The minimum atomic E-state index is 0.0320. The van der Waals surface area contributed by atoms with Gasteiger partial charge in [-0.15, -0.1) is 5.10 Å². The first-order valence-electron chi connectivity index (χ1n) is 10.2. The monoisotopic (exact) mass is 365 g/mol. The van der Waals surface area contributed by atoms with Gasteiger partial charge in [-0.05, 0) is 110 Å². The van der Waals surface area contributed by atoms with Crippen LogP contribution in [0.5, 0.6) is 0 Å². The van der Waals surface area contributed by atoms with Crippen molar-refractivity contribution in [3.8, 4) is 5.69 Å². The number of rotatable bonds is 4. The number of carbonyl (C=O) groups is 1. The molecule has 6 nitrogen and oxygen atoms in total. The van der Waals surface area contributed by atoms with Crippen molar-refractivity contribution in [2.24, 2.45) is 23.2 Å². The van der Waals surface area contributed by atoms with E-state index in [0.717, 1.165) is 29.0 Å². The molecule has 4 saturated carbocycles. The zero-order valence-electron chi connectivity index (χ0n) is 16.1. The number of hydrogen-bond acceptors (Lipinski definition) is 4. The van der Waals surface area contributed by atoms with Crippen LogP contribution in [0.3, 0.4) is 0 Å². The van der Waals surface area contributed by atoms with Crippen LogP contribution in [-0.4, -0.2) is 32.2 Å². The second-order valence-electron chi connectivity index (χ2n) is 9.23. The SMILES string of the molecule is Cc1cc(C(=O)N[C@H](C)C23CC4CC(CC(C4)C2)C3)ccc1-n1cnnn1. The Morgan fingerprint density at radius 1 is 1.19 bits per heavy atom. The summed E-state index contributed by atoms with van der Waals surface area (Å²) in [4.78, 5) is 12.9. The summed E-state index contributed by atoms with van der Waals surface area (Å²) in [6.45, 7) is 4.21. The zero-order chi connectivity index (χ0) is 18.6. The van der Waals surface area contributed by atoms with Crippen molar-refractivity contribution in [1.29, 1.82) is 0 Å². The summed E-state index contributed by atoms with van der Waals surface area (Å²) >= 11 is 0. The number of aryl methyl sites for hydroxylation is 1. The highest BCUT2D eigenvalue weighted by atomic mass is 16.1. The molecule has 0 spiro atoms. The molecule has 6 heteroatoms. The molecule has 142 valence electrons. The molecule has 1 aromatic carbocycles. The molecule has 0 saturated heterocycles. The third-order valence-electron chi connectivity index (χ3n) is 7.41. The minimum Gasteiger partial charge on any atom is -0.349 e. The largest absolute Gasteiger partial charge is 0.349 e. The highest BCUT2D eigenvalue weighted by molar-refractivity contribution is 5.94. The van der Waals surface area contributed by atoms with Gasteiger partial charge in [-0.25, -0.2) is 4.68 Å². The third kappa shape index (κ3) is 2.86. The highest BCUT2D eigenvalue weighted by Gasteiger charge is 2.53. The van der Waals surface area contributed by atoms with Crippen LogP contribution in [0.1, 0.15) is 61.4 Å². The van der Waals surface area contributed by atoms with Gasteiger partial charge in [0, 0.05) is 11.6 Å². The van der Waals surface area contributed by atoms with Gasteiger partial charge in [-0.1, -0.05) is 0 Å². The van der Waals surface area contributed by atoms with Gasteiger partial charge >= 0.3 is 0 Å². The number of amides is 1. The molecule has 4 bridgehead atoms. The number of hydrogen-bond donors (Lipinski definition) is 1. The van der Waals surface area contributed by atoms with Crippen LogP contribution >= 0.6 is 0 Å². The Labute approximate surface area is 159 Å². The molecule has 1 amide bonds. The molecular weight excluding hydrogens is 338 g/mol. The molecule has 2 aromatic rings. The smallest absolute Gasteiger partial charge is 0.251 e. The summed E-state index contributed by atoms with van der Waals surface area (Å²) in [5.74, 6) is 2.72. The van der Waals surface area contributed by atoms with E-state index in [4.69, 9.17) is 0 Å². The maximum atomic E-state index is 12.9. The molecule has 4 aliphatic rings. The lowest BCUT2D eigenvalue weighted by atomic mass is 9.48. The van der Waals surface area contributed by atoms with Crippen LogP contribution < -0.4 is 5.32 Å². The first-order chi connectivity index (χ1) is 13.0. The van der Waals surface area contributed by atoms with Gasteiger partial charge in [-0.2, -0.15) is 0 Å². The third-order valence-corrected chi connectivity index (χ3v) is 7.41. The van der Waals surface area contributed by atoms with Gasteiger partial charge in [0.1, 0.15) is 6.33 Å². The normalized spacial score (nSPS) is 32.4. The minimum absolute atomic E-state index is 0.0320. The Morgan fingerprint density at radius 2 is 1.85 bits per heavy atom. The van der Waals surface area contributed by atoms with Crippen molar-refractivity contribution < 1.29 is 4.79 Å². The van der Waals surface area contributed by atoms with Crippen molar-refractivity contribution in [2.75, 3.05) is 0 Å². The molecule has 4 aliphatic carbocycles. The van der Waals surface area contributed by atoms with E-state index in [2.05, 4.69) is 27.8 Å². The molecule has 6 rings (SSSR count). The number of nitrogens with zero attached hydrogens (tertiary/aromatic N) is 4. The first kappa shape index (κ1) is 16.9. The Bertz CT molecular complexity index is 824. The number of nitrogens with one attached hydrogen (secondary N) is 1. The Morgan fingerprint density at radius 3 is 2.41 bits per heavy atom. The van der Waals surface area contributed by atoms with Crippen molar-refractivity contribution in [2.45, 2.75) is 58.4 Å². The molecule has 0 aliphatic heterocycles. The molecular formula is C21H27N5O.